The summed E-state index contributed by atoms with van der Waals surface area (Å²) in [7, 11) is 0. The highest BCUT2D eigenvalue weighted by Gasteiger charge is 2.39. The first-order valence-corrected chi connectivity index (χ1v) is 12.4. The Morgan fingerprint density at radius 1 is 0.361 bits per heavy atom. The molecule has 0 bridgehead atoms. The first-order valence-electron chi connectivity index (χ1n) is 12.4. The van der Waals surface area contributed by atoms with Gasteiger partial charge in [0.2, 0.25) is 6.71 Å². The highest BCUT2D eigenvalue weighted by atomic mass is 14.5. The zero-order valence-corrected chi connectivity index (χ0v) is 20.0. The first-order chi connectivity index (χ1) is 17.8. The van der Waals surface area contributed by atoms with E-state index in [4.69, 9.17) is 5.73 Å². The van der Waals surface area contributed by atoms with Crippen LogP contribution in [0.3, 0.4) is 0 Å². The fourth-order valence-electron chi connectivity index (χ4n) is 5.39. The van der Waals surface area contributed by atoms with Gasteiger partial charge in [0.15, 0.2) is 0 Å². The van der Waals surface area contributed by atoms with E-state index < -0.39 is 0 Å². The fraction of sp³-hybridized carbons (Fsp3) is 0. The van der Waals surface area contributed by atoms with Crippen molar-refractivity contribution in [1.29, 1.82) is 0 Å². The summed E-state index contributed by atoms with van der Waals surface area (Å²) in [6.45, 7) is 0.0563. The Morgan fingerprint density at radius 2 is 0.694 bits per heavy atom. The van der Waals surface area contributed by atoms with Gasteiger partial charge in [-0.3, -0.25) is 0 Å². The predicted molar refractivity (Wildman–Crippen MR) is 156 cm³/mol. The molecule has 1 aliphatic heterocycles. The van der Waals surface area contributed by atoms with Gasteiger partial charge in [-0.05, 0) is 45.5 Å². The van der Waals surface area contributed by atoms with Crippen molar-refractivity contribution in [2.24, 2.45) is 0 Å². The van der Waals surface area contributed by atoms with E-state index in [1.165, 1.54) is 49.8 Å². The van der Waals surface area contributed by atoms with Crippen molar-refractivity contribution in [3.05, 3.63) is 168 Å². The molecule has 5 aromatic carbocycles. The molecule has 0 aliphatic carbocycles. The Morgan fingerprint density at radius 3 is 1.06 bits per heavy atom. The van der Waals surface area contributed by atoms with Crippen LogP contribution in [0.5, 0.6) is 0 Å². The van der Waals surface area contributed by atoms with Crippen LogP contribution >= 0.6 is 0 Å². The number of rotatable bonds is 5. The van der Waals surface area contributed by atoms with Crippen molar-refractivity contribution in [1.82, 2.24) is 0 Å². The monoisotopic (exact) mass is 459 g/mol. The molecular formula is C34H26BN. The van der Waals surface area contributed by atoms with Crippen LogP contribution in [-0.4, -0.2) is 6.71 Å². The average Bonchev–Trinajstić information content (AvgIpc) is 3.31. The van der Waals surface area contributed by atoms with Crippen LogP contribution in [0.1, 0.15) is 22.3 Å². The molecule has 0 saturated carbocycles. The Hall–Kier alpha value is -4.56. The molecular weight excluding hydrogens is 433 g/mol. The lowest BCUT2D eigenvalue weighted by Gasteiger charge is -2.19. The zero-order chi connectivity index (χ0) is 24.3. The van der Waals surface area contributed by atoms with E-state index in [2.05, 4.69) is 133 Å². The van der Waals surface area contributed by atoms with Gasteiger partial charge in [-0.15, -0.1) is 0 Å². The first kappa shape index (κ1) is 21.9. The maximum Gasteiger partial charge on any atom is 0.244 e. The Labute approximate surface area is 213 Å². The molecule has 170 valence electrons. The number of anilines is 1. The lowest BCUT2D eigenvalue weighted by Crippen LogP contribution is -2.32. The number of hydrogen-bond donors (Lipinski definition) is 1. The van der Waals surface area contributed by atoms with Crippen molar-refractivity contribution < 1.29 is 0 Å². The largest absolute Gasteiger partial charge is 0.399 e. The lowest BCUT2D eigenvalue weighted by molar-refractivity contribution is 1.58. The van der Waals surface area contributed by atoms with Crippen LogP contribution in [0.15, 0.2) is 146 Å². The van der Waals surface area contributed by atoms with E-state index >= 15 is 0 Å². The summed E-state index contributed by atoms with van der Waals surface area (Å²) in [5.74, 6) is 0. The molecule has 0 amide bonds. The maximum absolute atomic E-state index is 6.13. The van der Waals surface area contributed by atoms with Crippen LogP contribution in [-0.2, 0) is 0 Å². The molecule has 0 unspecified atom stereocenters. The van der Waals surface area contributed by atoms with Gasteiger partial charge < -0.3 is 5.73 Å². The molecule has 36 heavy (non-hydrogen) atoms. The molecule has 0 saturated heterocycles. The van der Waals surface area contributed by atoms with Gasteiger partial charge in [0.1, 0.15) is 0 Å². The second kappa shape index (κ2) is 9.60. The number of hydrogen-bond acceptors (Lipinski definition) is 1. The molecule has 2 heteroatoms. The van der Waals surface area contributed by atoms with Gasteiger partial charge in [-0.2, -0.15) is 0 Å². The smallest absolute Gasteiger partial charge is 0.244 e. The van der Waals surface area contributed by atoms with Crippen LogP contribution in [0.4, 0.5) is 5.69 Å². The molecule has 0 radical (unpaired) electrons. The summed E-state index contributed by atoms with van der Waals surface area (Å²) in [5.41, 5.74) is 18.3. The quantitative estimate of drug-likeness (QED) is 0.217. The minimum Gasteiger partial charge on any atom is -0.399 e. The van der Waals surface area contributed by atoms with Crippen LogP contribution < -0.4 is 11.2 Å². The van der Waals surface area contributed by atoms with Gasteiger partial charge >= 0.3 is 0 Å². The van der Waals surface area contributed by atoms with Crippen molar-refractivity contribution in [3.63, 3.8) is 0 Å². The normalized spacial score (nSPS) is 13.4. The summed E-state index contributed by atoms with van der Waals surface area (Å²) < 4.78 is 0. The Kier molecular flexibility index (Phi) is 5.85. The van der Waals surface area contributed by atoms with Crippen LogP contribution in [0.2, 0.25) is 0 Å². The third kappa shape index (κ3) is 3.97. The number of benzene rings is 5. The van der Waals surface area contributed by atoms with E-state index in [-0.39, 0.29) is 6.71 Å². The van der Waals surface area contributed by atoms with Crippen molar-refractivity contribution in [2.75, 3.05) is 5.73 Å². The lowest BCUT2D eigenvalue weighted by atomic mass is 9.35. The third-order valence-corrected chi connectivity index (χ3v) is 6.93. The predicted octanol–water partition coefficient (Wildman–Crippen LogP) is 7.28. The van der Waals surface area contributed by atoms with Crippen molar-refractivity contribution in [2.45, 2.75) is 0 Å². The summed E-state index contributed by atoms with van der Waals surface area (Å²) >= 11 is 0. The molecule has 0 spiro atoms. The Balaban J connectivity index is 1.77. The maximum atomic E-state index is 6.13. The van der Waals surface area contributed by atoms with Gasteiger partial charge in [-0.25, -0.2) is 0 Å². The zero-order valence-electron chi connectivity index (χ0n) is 20.0. The number of allylic oxidation sites excluding steroid dienone is 2. The highest BCUT2D eigenvalue weighted by Crippen LogP contribution is 2.50. The molecule has 0 fully saturated rings. The Bertz CT molecular complexity index is 1440. The molecule has 6 rings (SSSR count). The van der Waals surface area contributed by atoms with Gasteiger partial charge in [0.25, 0.3) is 0 Å². The number of nitrogens with two attached hydrogens (primary N) is 1. The van der Waals surface area contributed by atoms with E-state index in [0.29, 0.717) is 0 Å². The van der Waals surface area contributed by atoms with E-state index in [1.807, 2.05) is 12.1 Å². The van der Waals surface area contributed by atoms with Crippen molar-refractivity contribution in [3.8, 4) is 0 Å². The molecule has 5 aromatic rings. The summed E-state index contributed by atoms with van der Waals surface area (Å²) in [5, 5.41) is 0. The molecule has 1 heterocycles. The molecule has 0 atom stereocenters. The van der Waals surface area contributed by atoms with Crippen LogP contribution in [0.25, 0.3) is 22.1 Å². The second-order valence-corrected chi connectivity index (χ2v) is 9.14. The molecule has 2 N–H and O–H groups in total. The SMILES string of the molecule is Nc1ccc(B2C(c3ccccc3)=C(c3ccccc3)C(c3ccccc3)=C2c2ccccc2)cc1. The van der Waals surface area contributed by atoms with Gasteiger partial charge in [-0.1, -0.05) is 150 Å². The summed E-state index contributed by atoms with van der Waals surface area (Å²) in [6, 6.07) is 51.7. The van der Waals surface area contributed by atoms with E-state index in [9.17, 15) is 0 Å². The summed E-state index contributed by atoms with van der Waals surface area (Å²) in [4.78, 5) is 0. The average molecular weight is 459 g/mol. The minimum absolute atomic E-state index is 0.0563. The summed E-state index contributed by atoms with van der Waals surface area (Å²) in [6.07, 6.45) is 0. The highest BCUT2D eigenvalue weighted by molar-refractivity contribution is 7.08. The molecule has 1 aliphatic rings. The third-order valence-electron chi connectivity index (χ3n) is 6.93. The van der Waals surface area contributed by atoms with Crippen molar-refractivity contribution >= 4 is 40.0 Å². The molecule has 1 nitrogen and oxygen atoms in total. The van der Waals surface area contributed by atoms with E-state index in [0.717, 1.165) is 5.69 Å². The number of nitrogen functional groups attached to an aromatic ring is 1. The fourth-order valence-corrected chi connectivity index (χ4v) is 5.39. The standard InChI is InChI=1S/C34H26BN/c36-30-23-21-29(22-24-30)35-33(27-17-9-3-10-18-27)31(25-13-5-1-6-14-25)32(26-15-7-2-8-16-26)34(35)28-19-11-4-12-20-28/h1-24H,36H2. The minimum atomic E-state index is 0.0563. The second-order valence-electron chi connectivity index (χ2n) is 9.14. The topological polar surface area (TPSA) is 26.0 Å². The van der Waals surface area contributed by atoms with Crippen LogP contribution in [0, 0.1) is 0 Å². The molecule has 0 aromatic heterocycles. The van der Waals surface area contributed by atoms with Gasteiger partial charge in [0, 0.05) is 5.69 Å². The van der Waals surface area contributed by atoms with Gasteiger partial charge in [0.05, 0.1) is 0 Å². The van der Waals surface area contributed by atoms with E-state index in [1.54, 1.807) is 0 Å².